The van der Waals surface area contributed by atoms with Gasteiger partial charge in [0.1, 0.15) is 0 Å². The van der Waals surface area contributed by atoms with Gasteiger partial charge >= 0.3 is 0 Å². The van der Waals surface area contributed by atoms with E-state index in [4.69, 9.17) is 4.74 Å². The van der Waals surface area contributed by atoms with Gasteiger partial charge in [-0.2, -0.15) is 0 Å². The zero-order chi connectivity index (χ0) is 15.6. The smallest absolute Gasteiger partial charge is 0.0490 e. The SMILES string of the molecule is CCC/C=C/CCC1CCC(C2CCC(COC)CC2)CC1. The summed E-state index contributed by atoms with van der Waals surface area (Å²) < 4.78 is 5.33. The van der Waals surface area contributed by atoms with Crippen LogP contribution >= 0.6 is 0 Å². The molecule has 0 bridgehead atoms. The van der Waals surface area contributed by atoms with Crippen molar-refractivity contribution >= 4 is 0 Å². The van der Waals surface area contributed by atoms with Crippen molar-refractivity contribution in [1.82, 2.24) is 0 Å². The van der Waals surface area contributed by atoms with E-state index in [1.54, 1.807) is 0 Å². The minimum absolute atomic E-state index is 0.854. The van der Waals surface area contributed by atoms with Crippen LogP contribution < -0.4 is 0 Å². The molecule has 2 saturated carbocycles. The number of hydrogen-bond acceptors (Lipinski definition) is 1. The Morgan fingerprint density at radius 3 is 1.86 bits per heavy atom. The molecule has 0 saturated heterocycles. The number of rotatable bonds is 8. The zero-order valence-corrected chi connectivity index (χ0v) is 15.1. The Bertz CT molecular complexity index is 293. The predicted molar refractivity (Wildman–Crippen MR) is 96.1 cm³/mol. The monoisotopic (exact) mass is 306 g/mol. The van der Waals surface area contributed by atoms with E-state index >= 15 is 0 Å². The molecule has 0 aliphatic heterocycles. The second-order valence-corrected chi connectivity index (χ2v) is 7.85. The van der Waals surface area contributed by atoms with Crippen LogP contribution in [-0.2, 0) is 4.74 Å². The molecule has 0 aromatic heterocycles. The average molecular weight is 307 g/mol. The molecule has 0 heterocycles. The molecular formula is C21H38O. The molecule has 0 unspecified atom stereocenters. The van der Waals surface area contributed by atoms with Crippen LogP contribution in [0.25, 0.3) is 0 Å². The summed E-state index contributed by atoms with van der Waals surface area (Å²) in [5, 5.41) is 0. The highest BCUT2D eigenvalue weighted by Gasteiger charge is 2.30. The molecule has 0 spiro atoms. The molecule has 0 amide bonds. The fourth-order valence-electron chi connectivity index (χ4n) is 4.74. The number of ether oxygens (including phenoxy) is 1. The standard InChI is InChI=1S/C21H38O/c1-3-4-5-6-7-8-18-9-13-20(14-10-18)21-15-11-19(12-16-21)17-22-2/h5-6,18-21H,3-4,7-17H2,1-2H3/b6-5+. The number of methoxy groups -OCH3 is 1. The summed E-state index contributed by atoms with van der Waals surface area (Å²) in [6.45, 7) is 3.25. The average Bonchev–Trinajstić information content (AvgIpc) is 2.56. The second-order valence-electron chi connectivity index (χ2n) is 7.85. The maximum absolute atomic E-state index is 5.33. The van der Waals surface area contributed by atoms with Gasteiger partial charge in [0.15, 0.2) is 0 Å². The third kappa shape index (κ3) is 6.07. The van der Waals surface area contributed by atoms with Gasteiger partial charge in [-0.25, -0.2) is 0 Å². The van der Waals surface area contributed by atoms with Crippen molar-refractivity contribution in [2.45, 2.75) is 84.0 Å². The molecule has 2 fully saturated rings. The van der Waals surface area contributed by atoms with Crippen LogP contribution in [0, 0.1) is 23.7 Å². The Kier molecular flexibility index (Phi) is 8.59. The van der Waals surface area contributed by atoms with E-state index < -0.39 is 0 Å². The highest BCUT2D eigenvalue weighted by molar-refractivity contribution is 4.85. The van der Waals surface area contributed by atoms with Gasteiger partial charge in [-0.05, 0) is 81.5 Å². The molecule has 2 aliphatic rings. The van der Waals surface area contributed by atoms with Crippen LogP contribution in [0.5, 0.6) is 0 Å². The van der Waals surface area contributed by atoms with E-state index in [2.05, 4.69) is 19.1 Å². The Labute approximate surface area is 138 Å². The molecule has 128 valence electrons. The predicted octanol–water partition coefficient (Wildman–Crippen LogP) is 6.38. The van der Waals surface area contributed by atoms with Crippen LogP contribution in [0.4, 0.5) is 0 Å². The molecule has 2 rings (SSSR count). The van der Waals surface area contributed by atoms with E-state index in [1.807, 2.05) is 7.11 Å². The molecule has 1 nitrogen and oxygen atoms in total. The van der Waals surface area contributed by atoms with E-state index in [0.29, 0.717) is 0 Å². The summed E-state index contributed by atoms with van der Waals surface area (Å²) in [4.78, 5) is 0. The van der Waals surface area contributed by atoms with E-state index in [1.165, 1.54) is 77.0 Å². The molecule has 0 aromatic rings. The first-order valence-electron chi connectivity index (χ1n) is 9.97. The second kappa shape index (κ2) is 10.5. The fraction of sp³-hybridized carbons (Fsp3) is 0.905. The lowest BCUT2D eigenvalue weighted by atomic mass is 9.69. The quantitative estimate of drug-likeness (QED) is 0.473. The lowest BCUT2D eigenvalue weighted by molar-refractivity contribution is 0.0928. The number of unbranched alkanes of at least 4 members (excludes halogenated alkanes) is 1. The molecule has 22 heavy (non-hydrogen) atoms. The first-order chi connectivity index (χ1) is 10.8. The van der Waals surface area contributed by atoms with Gasteiger partial charge in [0.2, 0.25) is 0 Å². The Morgan fingerprint density at radius 2 is 1.32 bits per heavy atom. The summed E-state index contributed by atoms with van der Waals surface area (Å²) in [6.07, 6.45) is 21.9. The molecule has 0 aromatic carbocycles. The van der Waals surface area contributed by atoms with Gasteiger partial charge in [0.25, 0.3) is 0 Å². The van der Waals surface area contributed by atoms with Crippen molar-refractivity contribution in [3.63, 3.8) is 0 Å². The summed E-state index contributed by atoms with van der Waals surface area (Å²) in [6, 6.07) is 0. The summed E-state index contributed by atoms with van der Waals surface area (Å²) in [5.41, 5.74) is 0. The van der Waals surface area contributed by atoms with Crippen molar-refractivity contribution < 1.29 is 4.74 Å². The lowest BCUT2D eigenvalue weighted by Crippen LogP contribution is -2.27. The molecular weight excluding hydrogens is 268 g/mol. The van der Waals surface area contributed by atoms with E-state index in [9.17, 15) is 0 Å². The first-order valence-corrected chi connectivity index (χ1v) is 9.97. The van der Waals surface area contributed by atoms with Crippen LogP contribution in [0.2, 0.25) is 0 Å². The molecule has 0 atom stereocenters. The normalized spacial score (nSPS) is 33.4. The van der Waals surface area contributed by atoms with Gasteiger partial charge in [0.05, 0.1) is 0 Å². The van der Waals surface area contributed by atoms with Crippen molar-refractivity contribution in [2.75, 3.05) is 13.7 Å². The largest absolute Gasteiger partial charge is 0.384 e. The van der Waals surface area contributed by atoms with Gasteiger partial charge in [-0.1, -0.05) is 38.3 Å². The fourth-order valence-corrected chi connectivity index (χ4v) is 4.74. The first kappa shape index (κ1) is 18.0. The minimum Gasteiger partial charge on any atom is -0.384 e. The van der Waals surface area contributed by atoms with Gasteiger partial charge in [-0.3, -0.25) is 0 Å². The molecule has 1 heteroatoms. The van der Waals surface area contributed by atoms with Gasteiger partial charge in [-0.15, -0.1) is 0 Å². The Hall–Kier alpha value is -0.300. The van der Waals surface area contributed by atoms with E-state index in [-0.39, 0.29) is 0 Å². The van der Waals surface area contributed by atoms with Crippen molar-refractivity contribution in [1.29, 1.82) is 0 Å². The zero-order valence-electron chi connectivity index (χ0n) is 15.1. The van der Waals surface area contributed by atoms with Gasteiger partial charge < -0.3 is 4.74 Å². The minimum atomic E-state index is 0.854. The topological polar surface area (TPSA) is 9.23 Å². The lowest BCUT2D eigenvalue weighted by Gasteiger charge is -2.37. The maximum Gasteiger partial charge on any atom is 0.0490 e. The molecule has 2 aliphatic carbocycles. The Morgan fingerprint density at radius 1 is 0.773 bits per heavy atom. The highest BCUT2D eigenvalue weighted by atomic mass is 16.5. The summed E-state index contributed by atoms with van der Waals surface area (Å²) in [5.74, 6) is 3.97. The maximum atomic E-state index is 5.33. The summed E-state index contributed by atoms with van der Waals surface area (Å²) in [7, 11) is 1.85. The highest BCUT2D eigenvalue weighted by Crippen LogP contribution is 2.42. The van der Waals surface area contributed by atoms with Gasteiger partial charge in [0, 0.05) is 13.7 Å². The van der Waals surface area contributed by atoms with Crippen LogP contribution in [-0.4, -0.2) is 13.7 Å². The van der Waals surface area contributed by atoms with Crippen molar-refractivity contribution in [3.05, 3.63) is 12.2 Å². The third-order valence-electron chi connectivity index (χ3n) is 6.22. The van der Waals surface area contributed by atoms with Crippen molar-refractivity contribution in [3.8, 4) is 0 Å². The number of allylic oxidation sites excluding steroid dienone is 2. The third-order valence-corrected chi connectivity index (χ3v) is 6.22. The number of hydrogen-bond donors (Lipinski definition) is 0. The van der Waals surface area contributed by atoms with Crippen LogP contribution in [0.1, 0.15) is 84.0 Å². The molecule has 0 radical (unpaired) electrons. The van der Waals surface area contributed by atoms with Crippen LogP contribution in [0.3, 0.4) is 0 Å². The van der Waals surface area contributed by atoms with Crippen molar-refractivity contribution in [2.24, 2.45) is 23.7 Å². The van der Waals surface area contributed by atoms with Crippen LogP contribution in [0.15, 0.2) is 12.2 Å². The molecule has 0 N–H and O–H groups in total. The Balaban J connectivity index is 1.59. The van der Waals surface area contributed by atoms with E-state index in [0.717, 1.165) is 30.3 Å². The summed E-state index contributed by atoms with van der Waals surface area (Å²) >= 11 is 0.